The molecule has 0 aliphatic carbocycles. The lowest BCUT2D eigenvalue weighted by Crippen LogP contribution is -2.39. The van der Waals surface area contributed by atoms with E-state index in [2.05, 4.69) is 4.99 Å². The Balaban J connectivity index is 1.60. The highest BCUT2D eigenvalue weighted by atomic mass is 32.1. The van der Waals surface area contributed by atoms with Crippen molar-refractivity contribution in [3.05, 3.63) is 114 Å². The van der Waals surface area contributed by atoms with E-state index >= 15 is 0 Å². The van der Waals surface area contributed by atoms with E-state index in [1.165, 1.54) is 17.4 Å². The molecule has 9 heteroatoms. The normalized spacial score (nSPS) is 15.2. The van der Waals surface area contributed by atoms with Gasteiger partial charge in [0.15, 0.2) is 4.80 Å². The molecule has 0 saturated carbocycles. The quantitative estimate of drug-likeness (QED) is 0.362. The van der Waals surface area contributed by atoms with E-state index in [4.69, 9.17) is 9.15 Å². The van der Waals surface area contributed by atoms with Gasteiger partial charge < -0.3 is 14.3 Å². The number of carboxylic acid groups (broad SMARTS) is 1. The van der Waals surface area contributed by atoms with Gasteiger partial charge in [-0.3, -0.25) is 9.36 Å². The van der Waals surface area contributed by atoms with Crippen molar-refractivity contribution in [3.8, 4) is 11.3 Å². The predicted molar refractivity (Wildman–Crippen MR) is 147 cm³/mol. The molecule has 1 aliphatic rings. The number of ether oxygens (including phenoxy) is 1. The van der Waals surface area contributed by atoms with Gasteiger partial charge in [0.1, 0.15) is 11.5 Å². The van der Waals surface area contributed by atoms with E-state index in [-0.39, 0.29) is 17.7 Å². The first-order valence-electron chi connectivity index (χ1n) is 12.4. The standard InChI is InChI=1S/C30H26N2O6S/c1-5-37-29(36)25-18(4)31-30-32(26(25)19-8-6-16(2)7-9-19)27(33)24(39-30)15-21-11-13-23(38-21)22-12-10-20(28(34)35)14-17(22)3/h6-15,26H,5H2,1-4H3,(H,34,35)/b24-15+/t26-/m1/s1. The van der Waals surface area contributed by atoms with Gasteiger partial charge in [-0.1, -0.05) is 47.2 Å². The van der Waals surface area contributed by atoms with Gasteiger partial charge >= 0.3 is 11.9 Å². The van der Waals surface area contributed by atoms with Gasteiger partial charge in [0.25, 0.3) is 5.56 Å². The first kappa shape index (κ1) is 26.1. The molecule has 39 heavy (non-hydrogen) atoms. The molecule has 1 N–H and O–H groups in total. The van der Waals surface area contributed by atoms with Gasteiger partial charge in [0.2, 0.25) is 0 Å². The molecule has 2 aromatic carbocycles. The molecule has 2 aromatic heterocycles. The monoisotopic (exact) mass is 542 g/mol. The average Bonchev–Trinajstić information content (AvgIpc) is 3.48. The molecule has 4 aromatic rings. The number of rotatable bonds is 6. The van der Waals surface area contributed by atoms with Crippen LogP contribution >= 0.6 is 11.3 Å². The number of fused-ring (bicyclic) bond motifs is 1. The number of furan rings is 1. The summed E-state index contributed by atoms with van der Waals surface area (Å²) in [7, 11) is 0. The van der Waals surface area contributed by atoms with E-state index < -0.39 is 18.0 Å². The Hall–Kier alpha value is -4.50. The number of carbonyl (C=O) groups is 2. The second-order valence-electron chi connectivity index (χ2n) is 9.25. The predicted octanol–water partition coefficient (Wildman–Crippen LogP) is 4.37. The minimum absolute atomic E-state index is 0.199. The van der Waals surface area contributed by atoms with Crippen molar-refractivity contribution < 1.29 is 23.8 Å². The number of aryl methyl sites for hydroxylation is 2. The number of hydrogen-bond acceptors (Lipinski definition) is 7. The zero-order chi connectivity index (χ0) is 27.8. The van der Waals surface area contributed by atoms with Crippen LogP contribution in [0.5, 0.6) is 0 Å². The van der Waals surface area contributed by atoms with Crippen LogP contribution < -0.4 is 14.9 Å². The van der Waals surface area contributed by atoms with Crippen molar-refractivity contribution in [1.82, 2.24) is 4.57 Å². The van der Waals surface area contributed by atoms with Crippen LogP contribution in [0.4, 0.5) is 0 Å². The van der Waals surface area contributed by atoms with Crippen molar-refractivity contribution in [2.75, 3.05) is 6.61 Å². The summed E-state index contributed by atoms with van der Waals surface area (Å²) < 4.78 is 13.3. The molecule has 0 unspecified atom stereocenters. The van der Waals surface area contributed by atoms with Crippen LogP contribution in [0, 0.1) is 13.8 Å². The summed E-state index contributed by atoms with van der Waals surface area (Å²) in [6.45, 7) is 7.49. The number of aromatic carboxylic acids is 1. The van der Waals surface area contributed by atoms with Crippen LogP contribution in [0.1, 0.15) is 52.7 Å². The van der Waals surface area contributed by atoms with Crippen molar-refractivity contribution >= 4 is 29.4 Å². The average molecular weight is 543 g/mol. The molecule has 1 atom stereocenters. The first-order valence-corrected chi connectivity index (χ1v) is 13.2. The summed E-state index contributed by atoms with van der Waals surface area (Å²) in [5.74, 6) is -0.476. The van der Waals surface area contributed by atoms with Gasteiger partial charge in [-0.25, -0.2) is 14.6 Å². The van der Waals surface area contributed by atoms with E-state index in [1.54, 1.807) is 48.8 Å². The van der Waals surface area contributed by atoms with Gasteiger partial charge in [-0.05, 0) is 63.1 Å². The van der Waals surface area contributed by atoms with Crippen molar-refractivity contribution in [3.63, 3.8) is 0 Å². The number of allylic oxidation sites excluding steroid dienone is 1. The number of aromatic nitrogens is 1. The molecule has 0 amide bonds. The van der Waals surface area contributed by atoms with Crippen molar-refractivity contribution in [1.29, 1.82) is 0 Å². The van der Waals surface area contributed by atoms with Crippen LogP contribution in [0.25, 0.3) is 17.4 Å². The van der Waals surface area contributed by atoms with Gasteiger partial charge in [0.05, 0.1) is 34.0 Å². The Morgan fingerprint density at radius 1 is 1.10 bits per heavy atom. The fourth-order valence-corrected chi connectivity index (χ4v) is 5.66. The molecule has 5 rings (SSSR count). The minimum atomic E-state index is -0.995. The maximum Gasteiger partial charge on any atom is 0.338 e. The van der Waals surface area contributed by atoms with Gasteiger partial charge in [0, 0.05) is 11.6 Å². The number of carboxylic acids is 1. The molecule has 0 saturated heterocycles. The van der Waals surface area contributed by atoms with Crippen LogP contribution in [0.15, 0.2) is 80.1 Å². The summed E-state index contributed by atoms with van der Waals surface area (Å²) in [4.78, 5) is 43.1. The SMILES string of the molecule is CCOC(=O)C1=C(C)N=c2s/c(=C/c3ccc(-c4ccc(C(=O)O)cc4C)o3)c(=O)n2[C@@H]1c1ccc(C)cc1. The molecule has 198 valence electrons. The van der Waals surface area contributed by atoms with E-state index in [0.717, 1.165) is 22.3 Å². The summed E-state index contributed by atoms with van der Waals surface area (Å²) in [6.07, 6.45) is 1.66. The fourth-order valence-electron chi connectivity index (χ4n) is 4.63. The Morgan fingerprint density at radius 2 is 1.85 bits per heavy atom. The molecular weight excluding hydrogens is 516 g/mol. The van der Waals surface area contributed by atoms with E-state index in [9.17, 15) is 19.5 Å². The fraction of sp³-hybridized carbons (Fsp3) is 0.200. The van der Waals surface area contributed by atoms with Crippen LogP contribution in [0.2, 0.25) is 0 Å². The number of nitrogens with zero attached hydrogens (tertiary/aromatic N) is 2. The molecule has 1 aliphatic heterocycles. The largest absolute Gasteiger partial charge is 0.478 e. The molecule has 8 nitrogen and oxygen atoms in total. The smallest absolute Gasteiger partial charge is 0.338 e. The summed E-state index contributed by atoms with van der Waals surface area (Å²) in [5, 5.41) is 9.23. The second-order valence-corrected chi connectivity index (χ2v) is 10.3. The van der Waals surface area contributed by atoms with Gasteiger partial charge in [-0.15, -0.1) is 0 Å². The molecule has 3 heterocycles. The van der Waals surface area contributed by atoms with Crippen molar-refractivity contribution in [2.45, 2.75) is 33.7 Å². The highest BCUT2D eigenvalue weighted by molar-refractivity contribution is 7.07. The summed E-state index contributed by atoms with van der Waals surface area (Å²) in [5.41, 5.74) is 4.11. The topological polar surface area (TPSA) is 111 Å². The Labute approximate surface area is 227 Å². The summed E-state index contributed by atoms with van der Waals surface area (Å²) >= 11 is 1.22. The zero-order valence-electron chi connectivity index (χ0n) is 21.8. The Kier molecular flexibility index (Phi) is 6.93. The molecule has 0 spiro atoms. The maximum absolute atomic E-state index is 13.7. The number of esters is 1. The number of thiazole rings is 1. The molecule has 0 radical (unpaired) electrons. The van der Waals surface area contributed by atoms with Crippen LogP contribution in [0.3, 0.4) is 0 Å². The Morgan fingerprint density at radius 3 is 2.51 bits per heavy atom. The highest BCUT2D eigenvalue weighted by Gasteiger charge is 2.33. The van der Waals surface area contributed by atoms with Crippen LogP contribution in [-0.2, 0) is 9.53 Å². The lowest BCUT2D eigenvalue weighted by molar-refractivity contribution is -0.139. The lowest BCUT2D eigenvalue weighted by Gasteiger charge is -2.24. The third kappa shape index (κ3) is 4.88. The number of hydrogen-bond donors (Lipinski definition) is 1. The molecule has 0 bridgehead atoms. The Bertz CT molecular complexity index is 1820. The molecule has 0 fully saturated rings. The number of carbonyl (C=O) groups excluding carboxylic acids is 1. The lowest BCUT2D eigenvalue weighted by atomic mass is 9.95. The maximum atomic E-state index is 13.7. The zero-order valence-corrected chi connectivity index (χ0v) is 22.7. The second kappa shape index (κ2) is 10.3. The minimum Gasteiger partial charge on any atom is -0.478 e. The van der Waals surface area contributed by atoms with Crippen molar-refractivity contribution in [2.24, 2.45) is 4.99 Å². The number of benzene rings is 2. The first-order chi connectivity index (χ1) is 18.7. The van der Waals surface area contributed by atoms with E-state index in [1.807, 2.05) is 38.1 Å². The third-order valence-electron chi connectivity index (χ3n) is 6.55. The molecular formula is C30H26N2O6S. The third-order valence-corrected chi connectivity index (χ3v) is 7.53. The van der Waals surface area contributed by atoms with Gasteiger partial charge in [-0.2, -0.15) is 0 Å². The highest BCUT2D eigenvalue weighted by Crippen LogP contribution is 2.31. The van der Waals surface area contributed by atoms with Crippen LogP contribution in [-0.4, -0.2) is 28.2 Å². The van der Waals surface area contributed by atoms with E-state index in [0.29, 0.717) is 32.1 Å². The summed E-state index contributed by atoms with van der Waals surface area (Å²) in [6, 6.07) is 15.4.